The third kappa shape index (κ3) is 3.78. The Hall–Kier alpha value is -2.72. The molecule has 2 atom stereocenters. The Kier molecular flexibility index (Phi) is 5.40. The van der Waals surface area contributed by atoms with Crippen molar-refractivity contribution in [3.63, 3.8) is 0 Å². The van der Waals surface area contributed by atoms with Gasteiger partial charge in [0.05, 0.1) is 24.2 Å². The molecular formula is C21H24N6S. The van der Waals surface area contributed by atoms with Crippen molar-refractivity contribution in [1.29, 1.82) is 5.26 Å². The predicted octanol–water partition coefficient (Wildman–Crippen LogP) is 3.71. The maximum absolute atomic E-state index is 9.67. The lowest BCUT2D eigenvalue weighted by atomic mass is 9.85. The molecule has 6 nitrogen and oxygen atoms in total. The number of nitriles is 1. The van der Waals surface area contributed by atoms with E-state index in [1.165, 1.54) is 15.3 Å². The number of hydrogen-bond acceptors (Lipinski definition) is 6. The Balaban J connectivity index is 1.55. The van der Waals surface area contributed by atoms with Gasteiger partial charge in [0.1, 0.15) is 12.1 Å². The van der Waals surface area contributed by atoms with Crippen molar-refractivity contribution in [2.45, 2.75) is 38.6 Å². The Labute approximate surface area is 169 Å². The van der Waals surface area contributed by atoms with Crippen molar-refractivity contribution < 1.29 is 0 Å². The van der Waals surface area contributed by atoms with E-state index in [9.17, 15) is 5.26 Å². The minimum absolute atomic E-state index is 0.0217. The Bertz CT molecular complexity index is 970. The van der Waals surface area contributed by atoms with E-state index in [1.54, 1.807) is 12.5 Å². The van der Waals surface area contributed by atoms with Gasteiger partial charge in [-0.25, -0.2) is 9.97 Å². The zero-order valence-corrected chi connectivity index (χ0v) is 17.1. The smallest absolute Gasteiger partial charge is 0.132 e. The van der Waals surface area contributed by atoms with Crippen LogP contribution in [0.25, 0.3) is 0 Å². The molecule has 0 saturated heterocycles. The molecule has 2 unspecified atom stereocenters. The fourth-order valence-electron chi connectivity index (χ4n) is 3.91. The first-order valence-electron chi connectivity index (χ1n) is 9.68. The van der Waals surface area contributed by atoms with Gasteiger partial charge in [-0.05, 0) is 43.0 Å². The summed E-state index contributed by atoms with van der Waals surface area (Å²) in [5.74, 6) is 1.10. The van der Waals surface area contributed by atoms with Crippen LogP contribution in [0.3, 0.4) is 0 Å². The topological polar surface area (TPSA) is 70.6 Å². The average molecular weight is 393 g/mol. The van der Waals surface area contributed by atoms with Crippen LogP contribution in [0.4, 0.5) is 5.82 Å². The van der Waals surface area contributed by atoms with Crippen LogP contribution < -0.4 is 4.90 Å². The molecule has 0 amide bonds. The van der Waals surface area contributed by atoms with Crippen molar-refractivity contribution in [2.24, 2.45) is 13.0 Å². The number of aryl methyl sites for hydroxylation is 1. The molecule has 0 radical (unpaired) electrons. The van der Waals surface area contributed by atoms with Gasteiger partial charge in [0.2, 0.25) is 0 Å². The maximum atomic E-state index is 9.67. The van der Waals surface area contributed by atoms with E-state index in [0.29, 0.717) is 0 Å². The van der Waals surface area contributed by atoms with Crippen molar-refractivity contribution in [2.75, 3.05) is 11.4 Å². The lowest BCUT2D eigenvalue weighted by Gasteiger charge is -2.27. The normalized spacial score (nSPS) is 15.7. The van der Waals surface area contributed by atoms with E-state index < -0.39 is 0 Å². The molecule has 1 aliphatic heterocycles. The first-order valence-corrected chi connectivity index (χ1v) is 10.5. The SMILES string of the molecule is CCC(C#N)C(Cc1cc2c(s1)CN(c1ccncn1)CC2)c1ccn(C)n1. The molecule has 0 fully saturated rings. The Morgan fingerprint density at radius 1 is 1.36 bits per heavy atom. The van der Waals surface area contributed by atoms with E-state index in [4.69, 9.17) is 0 Å². The predicted molar refractivity (Wildman–Crippen MR) is 110 cm³/mol. The lowest BCUT2D eigenvalue weighted by molar-refractivity contribution is 0.486. The summed E-state index contributed by atoms with van der Waals surface area (Å²) in [7, 11) is 1.93. The quantitative estimate of drug-likeness (QED) is 0.639. The summed E-state index contributed by atoms with van der Waals surface area (Å²) >= 11 is 1.87. The second-order valence-corrected chi connectivity index (χ2v) is 8.49. The van der Waals surface area contributed by atoms with Crippen LogP contribution in [0.1, 0.15) is 40.3 Å². The molecule has 0 saturated carbocycles. The monoisotopic (exact) mass is 392 g/mol. The zero-order chi connectivity index (χ0) is 19.5. The lowest BCUT2D eigenvalue weighted by Crippen LogP contribution is -2.29. The van der Waals surface area contributed by atoms with E-state index in [0.717, 1.165) is 43.9 Å². The maximum Gasteiger partial charge on any atom is 0.132 e. The van der Waals surface area contributed by atoms with Gasteiger partial charge < -0.3 is 4.90 Å². The zero-order valence-electron chi connectivity index (χ0n) is 16.2. The molecule has 0 spiro atoms. The van der Waals surface area contributed by atoms with Crippen LogP contribution in [0.5, 0.6) is 0 Å². The number of fused-ring (bicyclic) bond motifs is 1. The minimum atomic E-state index is -0.0217. The molecule has 4 rings (SSSR count). The van der Waals surface area contributed by atoms with E-state index in [-0.39, 0.29) is 11.8 Å². The Morgan fingerprint density at radius 3 is 2.93 bits per heavy atom. The summed E-state index contributed by atoms with van der Waals surface area (Å²) in [5.41, 5.74) is 2.46. The molecule has 0 aliphatic carbocycles. The number of hydrogen-bond donors (Lipinski definition) is 0. The van der Waals surface area contributed by atoms with Gasteiger partial charge in [-0.2, -0.15) is 10.4 Å². The molecule has 3 aromatic heterocycles. The number of nitrogens with zero attached hydrogens (tertiary/aromatic N) is 6. The minimum Gasteiger partial charge on any atom is -0.351 e. The molecule has 0 bridgehead atoms. The van der Waals surface area contributed by atoms with E-state index in [2.05, 4.69) is 45.1 Å². The second-order valence-electron chi connectivity index (χ2n) is 7.27. The molecule has 28 heavy (non-hydrogen) atoms. The molecule has 4 heterocycles. The van der Waals surface area contributed by atoms with E-state index >= 15 is 0 Å². The van der Waals surface area contributed by atoms with Crippen LogP contribution >= 0.6 is 11.3 Å². The van der Waals surface area contributed by atoms with Gasteiger partial charge in [-0.1, -0.05) is 6.92 Å². The van der Waals surface area contributed by atoms with Crippen LogP contribution in [-0.2, 0) is 26.4 Å². The molecule has 1 aliphatic rings. The van der Waals surface area contributed by atoms with E-state index in [1.807, 2.05) is 35.3 Å². The second kappa shape index (κ2) is 8.11. The van der Waals surface area contributed by atoms with Gasteiger partial charge in [-0.3, -0.25) is 4.68 Å². The van der Waals surface area contributed by atoms with Crippen molar-refractivity contribution in [3.8, 4) is 6.07 Å². The van der Waals surface area contributed by atoms with Crippen LogP contribution in [0, 0.1) is 17.2 Å². The average Bonchev–Trinajstić information content (AvgIpc) is 3.33. The molecule has 7 heteroatoms. The fraction of sp³-hybridized carbons (Fsp3) is 0.429. The highest BCUT2D eigenvalue weighted by Gasteiger charge is 2.27. The van der Waals surface area contributed by atoms with Gasteiger partial charge in [0.25, 0.3) is 0 Å². The molecule has 0 N–H and O–H groups in total. The summed E-state index contributed by atoms with van der Waals surface area (Å²) in [4.78, 5) is 13.5. The standard InChI is InChI=1S/C21H24N6S/c1-3-15(12-22)18(19-6-8-26(2)25-19)11-17-10-16-5-9-27(13-20(16)28-17)21-4-7-23-14-24-21/h4,6-8,10,14-15,18H,3,5,9,11,13H2,1-2H3. The van der Waals surface area contributed by atoms with Gasteiger partial charge in [0, 0.05) is 41.7 Å². The molecule has 3 aromatic rings. The van der Waals surface area contributed by atoms with Gasteiger partial charge in [-0.15, -0.1) is 11.3 Å². The van der Waals surface area contributed by atoms with Crippen molar-refractivity contribution in [1.82, 2.24) is 19.7 Å². The number of rotatable bonds is 6. The van der Waals surface area contributed by atoms with Crippen LogP contribution in [0.15, 0.2) is 36.9 Å². The third-order valence-corrected chi connectivity index (χ3v) is 6.63. The summed E-state index contributed by atoms with van der Waals surface area (Å²) in [6.45, 7) is 3.95. The summed E-state index contributed by atoms with van der Waals surface area (Å²) in [6.07, 6.45) is 8.10. The first-order chi connectivity index (χ1) is 13.7. The molecule has 0 aromatic carbocycles. The summed E-state index contributed by atoms with van der Waals surface area (Å²) < 4.78 is 1.82. The highest BCUT2D eigenvalue weighted by molar-refractivity contribution is 7.12. The van der Waals surface area contributed by atoms with Crippen molar-refractivity contribution in [3.05, 3.63) is 57.9 Å². The summed E-state index contributed by atoms with van der Waals surface area (Å²) in [5, 5.41) is 14.3. The number of anilines is 1. The van der Waals surface area contributed by atoms with Crippen LogP contribution in [0.2, 0.25) is 0 Å². The Morgan fingerprint density at radius 2 is 2.25 bits per heavy atom. The number of aromatic nitrogens is 4. The van der Waals surface area contributed by atoms with Gasteiger partial charge in [0.15, 0.2) is 0 Å². The molecular weight excluding hydrogens is 368 g/mol. The molecule has 144 valence electrons. The fourth-order valence-corrected chi connectivity index (χ4v) is 5.21. The van der Waals surface area contributed by atoms with Crippen molar-refractivity contribution >= 4 is 17.2 Å². The first kappa shape index (κ1) is 18.6. The third-order valence-electron chi connectivity index (χ3n) is 5.45. The largest absolute Gasteiger partial charge is 0.351 e. The number of thiophene rings is 1. The van der Waals surface area contributed by atoms with Gasteiger partial charge >= 0.3 is 0 Å². The summed E-state index contributed by atoms with van der Waals surface area (Å²) in [6, 6.07) is 8.87. The highest BCUT2D eigenvalue weighted by atomic mass is 32.1. The highest BCUT2D eigenvalue weighted by Crippen LogP contribution is 2.35. The van der Waals surface area contributed by atoms with Crippen LogP contribution in [-0.4, -0.2) is 26.3 Å².